The molecule has 1 atom stereocenters. The lowest BCUT2D eigenvalue weighted by Crippen LogP contribution is -2.49. The molecule has 27 heavy (non-hydrogen) atoms. The number of rotatable bonds is 7. The molecule has 0 aliphatic heterocycles. The lowest BCUT2D eigenvalue weighted by molar-refractivity contribution is -0.139. The number of aromatic hydroxyl groups is 1. The van der Waals surface area contributed by atoms with E-state index in [0.717, 1.165) is 10.5 Å². The van der Waals surface area contributed by atoms with E-state index in [1.165, 1.54) is 31.3 Å². The number of nitrogens with zero attached hydrogens (tertiary/aromatic N) is 1. The fourth-order valence-electron chi connectivity index (χ4n) is 2.31. The molecule has 2 aromatic rings. The minimum atomic E-state index is -1.35. The van der Waals surface area contributed by atoms with Crippen molar-refractivity contribution in [3.8, 4) is 5.75 Å². The van der Waals surface area contributed by atoms with E-state index in [0.29, 0.717) is 0 Å². The van der Waals surface area contributed by atoms with E-state index in [2.05, 4.69) is 5.32 Å². The van der Waals surface area contributed by atoms with Crippen molar-refractivity contribution in [3.05, 3.63) is 65.7 Å². The molecule has 0 aromatic heterocycles. The number of likely N-dealkylation sites (N-methyl/N-ethyl adjacent to an activating group) is 1. The van der Waals surface area contributed by atoms with E-state index in [4.69, 9.17) is 4.74 Å². The number of carbonyl (C=O) groups excluding carboxylic acids is 2. The van der Waals surface area contributed by atoms with Crippen LogP contribution in [0.2, 0.25) is 0 Å². The Morgan fingerprint density at radius 2 is 1.81 bits per heavy atom. The predicted molar refractivity (Wildman–Crippen MR) is 96.3 cm³/mol. The van der Waals surface area contributed by atoms with Crippen molar-refractivity contribution in [2.24, 2.45) is 0 Å². The van der Waals surface area contributed by atoms with Gasteiger partial charge in [-0.2, -0.15) is 0 Å². The highest BCUT2D eigenvalue weighted by Crippen LogP contribution is 2.12. The number of carboxylic acids is 1. The van der Waals surface area contributed by atoms with E-state index < -0.39 is 24.0 Å². The van der Waals surface area contributed by atoms with E-state index >= 15 is 0 Å². The Kier molecular flexibility index (Phi) is 6.76. The van der Waals surface area contributed by atoms with Crippen LogP contribution >= 0.6 is 0 Å². The van der Waals surface area contributed by atoms with Crippen LogP contribution in [-0.2, 0) is 16.1 Å². The van der Waals surface area contributed by atoms with Crippen molar-refractivity contribution in [3.63, 3.8) is 0 Å². The van der Waals surface area contributed by atoms with Crippen molar-refractivity contribution >= 4 is 18.0 Å². The molecule has 0 bridgehead atoms. The highest BCUT2D eigenvalue weighted by atomic mass is 16.5. The lowest BCUT2D eigenvalue weighted by Gasteiger charge is -2.22. The minimum absolute atomic E-state index is 0.00290. The van der Waals surface area contributed by atoms with Crippen molar-refractivity contribution in [1.29, 1.82) is 0 Å². The molecule has 0 aliphatic carbocycles. The molecule has 8 nitrogen and oxygen atoms in total. The first kappa shape index (κ1) is 19.8. The van der Waals surface area contributed by atoms with Gasteiger partial charge in [-0.25, -0.2) is 9.59 Å². The highest BCUT2D eigenvalue weighted by molar-refractivity contribution is 5.95. The number of alkyl carbamates (subject to hydrolysis) is 1. The second-order valence-electron chi connectivity index (χ2n) is 5.83. The summed E-state index contributed by atoms with van der Waals surface area (Å²) < 4.78 is 5.00. The molecular formula is C19H20N2O6. The van der Waals surface area contributed by atoms with Gasteiger partial charge in [0.05, 0.1) is 6.54 Å². The Bertz CT molecular complexity index is 809. The molecule has 2 amide bonds. The highest BCUT2D eigenvalue weighted by Gasteiger charge is 2.25. The number of carbonyl (C=O) groups is 3. The van der Waals surface area contributed by atoms with Gasteiger partial charge in [0.15, 0.2) is 0 Å². The van der Waals surface area contributed by atoms with Crippen LogP contribution in [0.15, 0.2) is 54.6 Å². The number of ether oxygens (including phenoxy) is 1. The molecule has 0 spiro atoms. The van der Waals surface area contributed by atoms with Crippen LogP contribution in [-0.4, -0.2) is 52.7 Å². The second kappa shape index (κ2) is 9.23. The van der Waals surface area contributed by atoms with Gasteiger partial charge in [-0.3, -0.25) is 4.79 Å². The summed E-state index contributed by atoms with van der Waals surface area (Å²) in [7, 11) is 1.40. The summed E-state index contributed by atoms with van der Waals surface area (Å²) in [4.78, 5) is 36.7. The molecular weight excluding hydrogens is 352 g/mol. The summed E-state index contributed by atoms with van der Waals surface area (Å²) in [6.07, 6.45) is -0.899. The largest absolute Gasteiger partial charge is 0.508 e. The van der Waals surface area contributed by atoms with Crippen molar-refractivity contribution in [2.75, 3.05) is 13.6 Å². The van der Waals surface area contributed by atoms with E-state index in [1.54, 1.807) is 24.3 Å². The van der Waals surface area contributed by atoms with E-state index in [9.17, 15) is 24.6 Å². The summed E-state index contributed by atoms with van der Waals surface area (Å²) in [5, 5.41) is 21.0. The SMILES string of the molecule is CN(CC(NC(=O)OCc1ccccc1)C(=O)O)C(=O)c1cccc(O)c1. The van der Waals surface area contributed by atoms with Crippen LogP contribution in [0.3, 0.4) is 0 Å². The molecule has 3 N–H and O–H groups in total. The Labute approximate surface area is 156 Å². The van der Waals surface area contributed by atoms with Crippen LogP contribution in [0, 0.1) is 0 Å². The lowest BCUT2D eigenvalue weighted by atomic mass is 10.2. The average molecular weight is 372 g/mol. The first-order chi connectivity index (χ1) is 12.9. The third-order valence-corrected chi connectivity index (χ3v) is 3.70. The number of amides is 2. The third-order valence-electron chi connectivity index (χ3n) is 3.70. The Balaban J connectivity index is 1.93. The molecule has 0 saturated heterocycles. The molecule has 142 valence electrons. The molecule has 0 saturated carbocycles. The number of phenolic OH excluding ortho intramolecular Hbond substituents is 1. The Morgan fingerprint density at radius 3 is 2.44 bits per heavy atom. The number of phenols is 1. The third kappa shape index (κ3) is 6.03. The van der Waals surface area contributed by atoms with Crippen LogP contribution in [0.4, 0.5) is 4.79 Å². The van der Waals surface area contributed by atoms with Gasteiger partial charge in [0, 0.05) is 12.6 Å². The van der Waals surface area contributed by atoms with Crippen molar-refractivity contribution in [2.45, 2.75) is 12.6 Å². The zero-order valence-corrected chi connectivity index (χ0v) is 14.7. The van der Waals surface area contributed by atoms with Crippen LogP contribution in [0.25, 0.3) is 0 Å². The maximum Gasteiger partial charge on any atom is 0.408 e. The molecule has 8 heteroatoms. The standard InChI is InChI=1S/C19H20N2O6/c1-21(17(23)14-8-5-9-15(22)10-14)11-16(18(24)25)20-19(26)27-12-13-6-3-2-4-7-13/h2-10,16,22H,11-12H2,1H3,(H,20,26)(H,24,25). The van der Waals surface area contributed by atoms with Gasteiger partial charge in [0.2, 0.25) is 0 Å². The Hall–Kier alpha value is -3.55. The maximum atomic E-state index is 12.3. The quantitative estimate of drug-likeness (QED) is 0.683. The van der Waals surface area contributed by atoms with Crippen molar-refractivity contribution in [1.82, 2.24) is 10.2 Å². The van der Waals surface area contributed by atoms with Crippen LogP contribution in [0.5, 0.6) is 5.75 Å². The molecule has 0 aliphatic rings. The number of benzene rings is 2. The summed E-state index contributed by atoms with van der Waals surface area (Å²) in [6.45, 7) is -0.276. The fourth-order valence-corrected chi connectivity index (χ4v) is 2.31. The molecule has 0 heterocycles. The van der Waals surface area contributed by atoms with Crippen LogP contribution < -0.4 is 5.32 Å². The normalized spacial score (nSPS) is 11.3. The number of hydrogen-bond acceptors (Lipinski definition) is 5. The predicted octanol–water partition coefficient (Wildman–Crippen LogP) is 1.84. The van der Waals surface area contributed by atoms with Gasteiger partial charge in [0.25, 0.3) is 5.91 Å². The van der Waals surface area contributed by atoms with E-state index in [1.807, 2.05) is 6.07 Å². The Morgan fingerprint density at radius 1 is 1.11 bits per heavy atom. The summed E-state index contributed by atoms with van der Waals surface area (Å²) in [6, 6.07) is 13.3. The molecule has 2 rings (SSSR count). The molecule has 0 fully saturated rings. The molecule has 1 unspecified atom stereocenters. The average Bonchev–Trinajstić information content (AvgIpc) is 2.66. The summed E-state index contributed by atoms with van der Waals surface area (Å²) >= 11 is 0. The fraction of sp³-hybridized carbons (Fsp3) is 0.211. The first-order valence-electron chi connectivity index (χ1n) is 8.11. The monoisotopic (exact) mass is 372 g/mol. The van der Waals surface area contributed by atoms with Gasteiger partial charge in [-0.05, 0) is 23.8 Å². The second-order valence-corrected chi connectivity index (χ2v) is 5.83. The van der Waals surface area contributed by atoms with Gasteiger partial charge >= 0.3 is 12.1 Å². The number of nitrogens with one attached hydrogen (secondary N) is 1. The molecule has 2 aromatic carbocycles. The van der Waals surface area contributed by atoms with Gasteiger partial charge < -0.3 is 25.2 Å². The van der Waals surface area contributed by atoms with Gasteiger partial charge in [0.1, 0.15) is 18.4 Å². The zero-order valence-electron chi connectivity index (χ0n) is 14.7. The number of aliphatic carboxylic acids is 1. The van der Waals surface area contributed by atoms with Crippen molar-refractivity contribution < 1.29 is 29.3 Å². The maximum absolute atomic E-state index is 12.3. The number of carboxylic acid groups (broad SMARTS) is 1. The first-order valence-corrected chi connectivity index (χ1v) is 8.11. The summed E-state index contributed by atoms with van der Waals surface area (Å²) in [5.41, 5.74) is 0.962. The van der Waals surface area contributed by atoms with E-state index in [-0.39, 0.29) is 24.5 Å². The smallest absolute Gasteiger partial charge is 0.408 e. The minimum Gasteiger partial charge on any atom is -0.508 e. The molecule has 0 radical (unpaired) electrons. The van der Waals surface area contributed by atoms with Gasteiger partial charge in [-0.15, -0.1) is 0 Å². The van der Waals surface area contributed by atoms with Gasteiger partial charge in [-0.1, -0.05) is 36.4 Å². The number of hydrogen-bond donors (Lipinski definition) is 3. The van der Waals surface area contributed by atoms with Crippen LogP contribution in [0.1, 0.15) is 15.9 Å². The topological polar surface area (TPSA) is 116 Å². The zero-order chi connectivity index (χ0) is 19.8. The summed E-state index contributed by atoms with van der Waals surface area (Å²) in [5.74, 6) is -1.87.